The number of nitrogens with zero attached hydrogens (tertiary/aromatic N) is 2. The maximum absolute atomic E-state index is 5.22. The Hall–Kier alpha value is -1.94. The number of methoxy groups -OCH3 is 1. The molecule has 1 heterocycles. The lowest BCUT2D eigenvalue weighted by atomic mass is 10.1. The van der Waals surface area contributed by atoms with Gasteiger partial charge in [0.15, 0.2) is 0 Å². The maximum atomic E-state index is 5.22. The molecule has 0 fully saturated rings. The summed E-state index contributed by atoms with van der Waals surface area (Å²) in [6.07, 6.45) is 5.17. The Morgan fingerprint density at radius 3 is 2.78 bits per heavy atom. The molecule has 0 spiro atoms. The van der Waals surface area contributed by atoms with E-state index in [0.717, 1.165) is 17.9 Å². The number of hydrogen-bond acceptors (Lipinski definition) is 4. The van der Waals surface area contributed by atoms with Crippen LogP contribution in [-0.4, -0.2) is 17.1 Å². The highest BCUT2D eigenvalue weighted by atomic mass is 16.5. The molecule has 1 aromatic heterocycles. The molecular formula is C14H17N3O. The van der Waals surface area contributed by atoms with Gasteiger partial charge in [0.05, 0.1) is 7.11 Å². The van der Waals surface area contributed by atoms with Gasteiger partial charge in [-0.25, -0.2) is 9.97 Å². The molecule has 0 saturated carbocycles. The van der Waals surface area contributed by atoms with Crippen molar-refractivity contribution >= 4 is 0 Å². The summed E-state index contributed by atoms with van der Waals surface area (Å²) >= 11 is 0. The highest BCUT2D eigenvalue weighted by Gasteiger charge is 2.05. The zero-order valence-electron chi connectivity index (χ0n) is 10.6. The quantitative estimate of drug-likeness (QED) is 0.875. The summed E-state index contributed by atoms with van der Waals surface area (Å²) in [5.74, 6) is 0.879. The van der Waals surface area contributed by atoms with E-state index in [0.29, 0.717) is 0 Å². The Morgan fingerprint density at radius 1 is 1.28 bits per heavy atom. The lowest BCUT2D eigenvalue weighted by Gasteiger charge is -2.14. The van der Waals surface area contributed by atoms with Crippen molar-refractivity contribution in [2.45, 2.75) is 19.5 Å². The van der Waals surface area contributed by atoms with E-state index in [1.807, 2.05) is 30.6 Å². The Labute approximate surface area is 107 Å². The maximum Gasteiger partial charge on any atom is 0.119 e. The minimum atomic E-state index is 0.250. The normalized spacial score (nSPS) is 12.1. The highest BCUT2D eigenvalue weighted by Crippen LogP contribution is 2.18. The molecule has 0 bridgehead atoms. The second kappa shape index (κ2) is 6.12. The molecule has 1 N–H and O–H groups in total. The van der Waals surface area contributed by atoms with Gasteiger partial charge in [-0.3, -0.25) is 0 Å². The van der Waals surface area contributed by atoms with Gasteiger partial charge in [0.2, 0.25) is 0 Å². The number of ether oxygens (including phenoxy) is 1. The molecule has 2 aromatic rings. The van der Waals surface area contributed by atoms with Crippen LogP contribution < -0.4 is 10.1 Å². The van der Waals surface area contributed by atoms with Gasteiger partial charge in [0, 0.05) is 30.5 Å². The Morgan fingerprint density at radius 2 is 2.06 bits per heavy atom. The highest BCUT2D eigenvalue weighted by molar-refractivity contribution is 5.30. The SMILES string of the molecule is COc1cccc([C@H](C)NCc2cncnc2)c1. The number of aromatic nitrogens is 2. The van der Waals surface area contributed by atoms with Crippen LogP contribution in [0.15, 0.2) is 43.0 Å². The van der Waals surface area contributed by atoms with Gasteiger partial charge in [-0.05, 0) is 24.6 Å². The largest absolute Gasteiger partial charge is 0.497 e. The van der Waals surface area contributed by atoms with Gasteiger partial charge in [0.1, 0.15) is 12.1 Å². The summed E-state index contributed by atoms with van der Waals surface area (Å²) in [5.41, 5.74) is 2.28. The van der Waals surface area contributed by atoms with Crippen LogP contribution in [0.1, 0.15) is 24.1 Å². The molecule has 0 aliphatic carbocycles. The third kappa shape index (κ3) is 3.28. The predicted octanol–water partition coefficient (Wildman–Crippen LogP) is 2.34. The van der Waals surface area contributed by atoms with E-state index in [9.17, 15) is 0 Å². The summed E-state index contributed by atoms with van der Waals surface area (Å²) in [6, 6.07) is 8.32. The van der Waals surface area contributed by atoms with Crippen LogP contribution in [0.2, 0.25) is 0 Å². The summed E-state index contributed by atoms with van der Waals surface area (Å²) in [6.45, 7) is 2.87. The van der Waals surface area contributed by atoms with E-state index in [1.165, 1.54) is 11.9 Å². The van der Waals surface area contributed by atoms with E-state index >= 15 is 0 Å². The van der Waals surface area contributed by atoms with Gasteiger partial charge in [-0.2, -0.15) is 0 Å². The molecule has 0 amide bonds. The van der Waals surface area contributed by atoms with E-state index < -0.39 is 0 Å². The molecule has 1 atom stereocenters. The Bertz CT molecular complexity index is 487. The van der Waals surface area contributed by atoms with Crippen LogP contribution in [-0.2, 0) is 6.54 Å². The molecule has 4 heteroatoms. The minimum absolute atomic E-state index is 0.250. The average molecular weight is 243 g/mol. The molecule has 0 radical (unpaired) electrons. The Balaban J connectivity index is 1.97. The van der Waals surface area contributed by atoms with Gasteiger partial charge in [0.25, 0.3) is 0 Å². The predicted molar refractivity (Wildman–Crippen MR) is 70.3 cm³/mol. The topological polar surface area (TPSA) is 47.0 Å². The molecule has 0 aliphatic heterocycles. The minimum Gasteiger partial charge on any atom is -0.497 e. The zero-order valence-corrected chi connectivity index (χ0v) is 10.6. The van der Waals surface area contributed by atoms with Crippen LogP contribution in [0.5, 0.6) is 5.75 Å². The fourth-order valence-electron chi connectivity index (χ4n) is 1.72. The second-order valence-corrected chi connectivity index (χ2v) is 4.13. The van der Waals surface area contributed by atoms with E-state index in [1.54, 1.807) is 7.11 Å². The summed E-state index contributed by atoms with van der Waals surface area (Å²) < 4.78 is 5.22. The van der Waals surface area contributed by atoms with Crippen molar-refractivity contribution in [3.63, 3.8) is 0 Å². The van der Waals surface area contributed by atoms with Crippen LogP contribution >= 0.6 is 0 Å². The van der Waals surface area contributed by atoms with Crippen LogP contribution in [0.4, 0.5) is 0 Å². The van der Waals surface area contributed by atoms with Crippen molar-refractivity contribution in [2.24, 2.45) is 0 Å². The molecule has 1 aromatic carbocycles. The van der Waals surface area contributed by atoms with Crippen LogP contribution in [0.3, 0.4) is 0 Å². The third-order valence-corrected chi connectivity index (χ3v) is 2.82. The number of nitrogens with one attached hydrogen (secondary N) is 1. The van der Waals surface area contributed by atoms with Gasteiger partial charge in [-0.1, -0.05) is 12.1 Å². The molecule has 94 valence electrons. The Kier molecular flexibility index (Phi) is 4.25. The summed E-state index contributed by atoms with van der Waals surface area (Å²) in [5, 5.41) is 3.43. The van der Waals surface area contributed by atoms with Gasteiger partial charge < -0.3 is 10.1 Å². The molecule has 2 rings (SSSR count). The van der Waals surface area contributed by atoms with Crippen molar-refractivity contribution < 1.29 is 4.74 Å². The van der Waals surface area contributed by atoms with Crippen molar-refractivity contribution in [1.29, 1.82) is 0 Å². The summed E-state index contributed by atoms with van der Waals surface area (Å²) in [7, 11) is 1.68. The molecule has 0 unspecified atom stereocenters. The van der Waals surface area contributed by atoms with E-state index in [4.69, 9.17) is 4.74 Å². The molecule has 0 saturated heterocycles. The van der Waals surface area contributed by atoms with Gasteiger partial charge >= 0.3 is 0 Å². The average Bonchev–Trinajstić information content (AvgIpc) is 2.46. The molecule has 0 aliphatic rings. The van der Waals surface area contributed by atoms with E-state index in [-0.39, 0.29) is 6.04 Å². The molecular weight excluding hydrogens is 226 g/mol. The lowest BCUT2D eigenvalue weighted by Crippen LogP contribution is -2.18. The van der Waals surface area contributed by atoms with Crippen molar-refractivity contribution in [2.75, 3.05) is 7.11 Å². The molecule has 4 nitrogen and oxygen atoms in total. The fourth-order valence-corrected chi connectivity index (χ4v) is 1.72. The van der Waals surface area contributed by atoms with Crippen molar-refractivity contribution in [3.05, 3.63) is 54.1 Å². The first-order chi connectivity index (χ1) is 8.79. The first-order valence-corrected chi connectivity index (χ1v) is 5.91. The lowest BCUT2D eigenvalue weighted by molar-refractivity contribution is 0.413. The summed E-state index contributed by atoms with van der Waals surface area (Å²) in [4.78, 5) is 7.98. The van der Waals surface area contributed by atoms with Crippen molar-refractivity contribution in [1.82, 2.24) is 15.3 Å². The van der Waals surface area contributed by atoms with Gasteiger partial charge in [-0.15, -0.1) is 0 Å². The number of rotatable bonds is 5. The smallest absolute Gasteiger partial charge is 0.119 e. The second-order valence-electron chi connectivity index (χ2n) is 4.13. The first-order valence-electron chi connectivity index (χ1n) is 5.91. The fraction of sp³-hybridized carbons (Fsp3) is 0.286. The monoisotopic (exact) mass is 243 g/mol. The number of benzene rings is 1. The molecule has 18 heavy (non-hydrogen) atoms. The number of hydrogen-bond donors (Lipinski definition) is 1. The van der Waals surface area contributed by atoms with Crippen molar-refractivity contribution in [3.8, 4) is 5.75 Å². The van der Waals surface area contributed by atoms with E-state index in [2.05, 4.69) is 28.3 Å². The zero-order chi connectivity index (χ0) is 12.8. The first kappa shape index (κ1) is 12.5. The third-order valence-electron chi connectivity index (χ3n) is 2.82. The standard InChI is InChI=1S/C14H17N3O/c1-11(13-4-3-5-14(6-13)18-2)17-9-12-7-15-10-16-8-12/h3-8,10-11,17H,9H2,1-2H3/t11-/m0/s1. The van der Waals surface area contributed by atoms with Crippen LogP contribution in [0, 0.1) is 0 Å². The van der Waals surface area contributed by atoms with Crippen LogP contribution in [0.25, 0.3) is 0 Å².